The molecular weight excluding hydrogens is 320 g/mol. The summed E-state index contributed by atoms with van der Waals surface area (Å²) in [6, 6.07) is 0. The van der Waals surface area contributed by atoms with E-state index in [1.54, 1.807) is 0 Å². The number of carbonyl (C=O) groups excluding carboxylic acids is 1. The quantitative estimate of drug-likeness (QED) is 0.814. The van der Waals surface area contributed by atoms with E-state index in [-0.39, 0.29) is 12.0 Å². The van der Waals surface area contributed by atoms with Crippen LogP contribution in [0.15, 0.2) is 10.7 Å². The second kappa shape index (κ2) is 7.41. The van der Waals surface area contributed by atoms with Gasteiger partial charge in [0.25, 0.3) is 5.91 Å². The molecule has 1 fully saturated rings. The predicted molar refractivity (Wildman–Crippen MR) is 96.1 cm³/mol. The highest BCUT2D eigenvalue weighted by atomic mass is 16.5. The van der Waals surface area contributed by atoms with Gasteiger partial charge in [-0.25, -0.2) is 5.43 Å². The molecule has 0 radical (unpaired) electrons. The molecule has 25 heavy (non-hydrogen) atoms. The van der Waals surface area contributed by atoms with Crippen LogP contribution in [0, 0.1) is 13.8 Å². The number of rotatable bonds is 4. The van der Waals surface area contributed by atoms with Crippen LogP contribution >= 0.6 is 0 Å². The van der Waals surface area contributed by atoms with E-state index in [1.165, 1.54) is 5.56 Å². The number of nitrogens with one attached hydrogen (secondary N) is 2. The smallest absolute Gasteiger partial charge is 0.277 e. The number of aromatic amines is 1. The fourth-order valence-corrected chi connectivity index (χ4v) is 3.08. The summed E-state index contributed by atoms with van der Waals surface area (Å²) in [5.74, 6) is 0.110. The highest BCUT2D eigenvalue weighted by Gasteiger charge is 2.26. The number of carbonyl (C=O) groups is 1. The Balaban J connectivity index is 1.84. The molecule has 1 amide bonds. The summed E-state index contributed by atoms with van der Waals surface area (Å²) in [6.07, 6.45) is 1.78. The van der Waals surface area contributed by atoms with E-state index in [2.05, 4.69) is 34.3 Å². The summed E-state index contributed by atoms with van der Waals surface area (Å²) >= 11 is 0. The van der Waals surface area contributed by atoms with Crippen molar-refractivity contribution in [2.45, 2.75) is 40.3 Å². The number of hydrogen-bond acceptors (Lipinski definition) is 5. The summed E-state index contributed by atoms with van der Waals surface area (Å²) in [4.78, 5) is 17.9. The average Bonchev–Trinajstić information content (AvgIpc) is 3.04. The molecule has 0 aliphatic carbocycles. The monoisotopic (exact) mass is 346 g/mol. The Kier molecular flexibility index (Phi) is 5.24. The molecule has 0 aromatic carbocycles. The van der Waals surface area contributed by atoms with Crippen LogP contribution in [-0.2, 0) is 20.8 Å². The van der Waals surface area contributed by atoms with Crippen molar-refractivity contribution in [2.24, 2.45) is 5.10 Å². The molecule has 1 aromatic rings. The maximum absolute atomic E-state index is 12.1. The Morgan fingerprint density at radius 3 is 2.72 bits per heavy atom. The lowest BCUT2D eigenvalue weighted by atomic mass is 10.1. The van der Waals surface area contributed by atoms with Crippen molar-refractivity contribution in [2.75, 3.05) is 26.3 Å². The third-order valence-electron chi connectivity index (χ3n) is 4.49. The fraction of sp³-hybridized carbons (Fsp3) is 0.556. The molecule has 0 saturated carbocycles. The first kappa shape index (κ1) is 17.7. The largest absolute Gasteiger partial charge is 0.473 e. The highest BCUT2D eigenvalue weighted by molar-refractivity contribution is 6.24. The van der Waals surface area contributed by atoms with E-state index in [1.807, 2.05) is 19.9 Å². The van der Waals surface area contributed by atoms with Gasteiger partial charge in [-0.1, -0.05) is 0 Å². The van der Waals surface area contributed by atoms with Crippen LogP contribution in [0.4, 0.5) is 0 Å². The molecule has 2 N–H and O–H groups in total. The number of H-pyrrole nitrogens is 1. The number of morpholine rings is 1. The lowest BCUT2D eigenvalue weighted by Gasteiger charge is -2.26. The molecular formula is C18H26N4O3. The number of amides is 1. The van der Waals surface area contributed by atoms with E-state index < -0.39 is 0 Å². The number of aryl methyl sites for hydroxylation is 1. The van der Waals surface area contributed by atoms with Crippen LogP contribution in [0.2, 0.25) is 0 Å². The van der Waals surface area contributed by atoms with Crippen molar-refractivity contribution in [1.82, 2.24) is 15.3 Å². The van der Waals surface area contributed by atoms with Crippen molar-refractivity contribution >= 4 is 17.9 Å². The molecule has 7 heteroatoms. The maximum Gasteiger partial charge on any atom is 0.277 e. The molecule has 2 aliphatic heterocycles. The standard InChI is InChI=1S/C18H26N4O3/c1-11(2)25-18-14(17(23)20-21-18)9-16-12(3)15(13(4)19-16)10-22-5-7-24-8-6-22/h9,11,19H,5-8,10H2,1-4H3,(H,20,23). The Hall–Kier alpha value is -2.12. The van der Waals surface area contributed by atoms with Gasteiger partial charge in [-0.2, -0.15) is 0 Å². The third kappa shape index (κ3) is 3.93. The van der Waals surface area contributed by atoms with Crippen molar-refractivity contribution in [3.05, 3.63) is 28.1 Å². The van der Waals surface area contributed by atoms with E-state index >= 15 is 0 Å². The van der Waals surface area contributed by atoms with Crippen LogP contribution in [0.1, 0.15) is 36.4 Å². The Labute approximate surface area is 148 Å². The van der Waals surface area contributed by atoms with Crippen LogP contribution in [0.3, 0.4) is 0 Å². The molecule has 1 saturated heterocycles. The second-order valence-electron chi connectivity index (χ2n) is 6.74. The minimum Gasteiger partial charge on any atom is -0.473 e. The first-order valence-electron chi connectivity index (χ1n) is 8.70. The molecule has 0 bridgehead atoms. The molecule has 0 atom stereocenters. The molecule has 0 spiro atoms. The lowest BCUT2D eigenvalue weighted by molar-refractivity contribution is -0.116. The zero-order valence-electron chi connectivity index (χ0n) is 15.3. The van der Waals surface area contributed by atoms with Gasteiger partial charge in [0.1, 0.15) is 5.57 Å². The minimum absolute atomic E-state index is 0.0433. The summed E-state index contributed by atoms with van der Waals surface area (Å²) in [5, 5.41) is 3.98. The zero-order valence-corrected chi connectivity index (χ0v) is 15.3. The first-order chi connectivity index (χ1) is 12.0. The Bertz CT molecular complexity index is 712. The fourth-order valence-electron chi connectivity index (χ4n) is 3.08. The number of hydrogen-bond donors (Lipinski definition) is 2. The molecule has 2 aliphatic rings. The number of nitrogens with zero attached hydrogens (tertiary/aromatic N) is 2. The third-order valence-corrected chi connectivity index (χ3v) is 4.49. The summed E-state index contributed by atoms with van der Waals surface area (Å²) in [7, 11) is 0. The van der Waals surface area contributed by atoms with Crippen LogP contribution in [-0.4, -0.2) is 54.1 Å². The Morgan fingerprint density at radius 2 is 2.04 bits per heavy atom. The molecule has 0 unspecified atom stereocenters. The van der Waals surface area contributed by atoms with Gasteiger partial charge >= 0.3 is 0 Å². The van der Waals surface area contributed by atoms with E-state index in [0.717, 1.165) is 49.8 Å². The predicted octanol–water partition coefficient (Wildman–Crippen LogP) is 1.72. The lowest BCUT2D eigenvalue weighted by Crippen LogP contribution is -2.35. The summed E-state index contributed by atoms with van der Waals surface area (Å²) in [6.45, 7) is 12.3. The van der Waals surface area contributed by atoms with Crippen LogP contribution in [0.25, 0.3) is 6.08 Å². The topological polar surface area (TPSA) is 79.0 Å². The van der Waals surface area contributed by atoms with Crippen molar-refractivity contribution < 1.29 is 14.3 Å². The van der Waals surface area contributed by atoms with Gasteiger partial charge in [0.15, 0.2) is 0 Å². The van der Waals surface area contributed by atoms with E-state index in [4.69, 9.17) is 9.47 Å². The van der Waals surface area contributed by atoms with Gasteiger partial charge in [0.2, 0.25) is 5.90 Å². The van der Waals surface area contributed by atoms with Gasteiger partial charge in [-0.15, -0.1) is 5.10 Å². The van der Waals surface area contributed by atoms with Gasteiger partial charge in [-0.05, 0) is 44.9 Å². The van der Waals surface area contributed by atoms with Crippen molar-refractivity contribution in [3.8, 4) is 0 Å². The SMILES string of the molecule is Cc1[nH]c(C=C2C(=O)NN=C2OC(C)C)c(C)c1CN1CCOCC1. The Morgan fingerprint density at radius 1 is 1.32 bits per heavy atom. The molecule has 3 rings (SSSR count). The van der Waals surface area contributed by atoms with Gasteiger partial charge in [0, 0.05) is 31.0 Å². The average molecular weight is 346 g/mol. The normalized spacial score (nSPS) is 20.3. The van der Waals surface area contributed by atoms with E-state index in [0.29, 0.717) is 11.5 Å². The minimum atomic E-state index is -0.239. The van der Waals surface area contributed by atoms with Gasteiger partial charge in [0.05, 0.1) is 19.3 Å². The molecule has 7 nitrogen and oxygen atoms in total. The second-order valence-corrected chi connectivity index (χ2v) is 6.74. The van der Waals surface area contributed by atoms with Gasteiger partial charge in [-0.3, -0.25) is 9.69 Å². The number of ether oxygens (including phenoxy) is 2. The number of aromatic nitrogens is 1. The van der Waals surface area contributed by atoms with Gasteiger partial charge < -0.3 is 14.5 Å². The first-order valence-corrected chi connectivity index (χ1v) is 8.70. The van der Waals surface area contributed by atoms with Crippen molar-refractivity contribution in [3.63, 3.8) is 0 Å². The van der Waals surface area contributed by atoms with Crippen LogP contribution < -0.4 is 5.43 Å². The maximum atomic E-state index is 12.1. The van der Waals surface area contributed by atoms with Crippen LogP contribution in [0.5, 0.6) is 0 Å². The molecule has 1 aromatic heterocycles. The van der Waals surface area contributed by atoms with Crippen molar-refractivity contribution in [1.29, 1.82) is 0 Å². The van der Waals surface area contributed by atoms with E-state index in [9.17, 15) is 4.79 Å². The molecule has 136 valence electrons. The summed E-state index contributed by atoms with van der Waals surface area (Å²) in [5.41, 5.74) is 7.40. The zero-order chi connectivity index (χ0) is 18.0. The number of hydrazone groups is 1. The molecule has 3 heterocycles. The highest BCUT2D eigenvalue weighted by Crippen LogP contribution is 2.23. The summed E-state index contributed by atoms with van der Waals surface area (Å²) < 4.78 is 11.0.